The lowest BCUT2D eigenvalue weighted by atomic mass is 11.6. The van der Waals surface area contributed by atoms with E-state index in [1.165, 1.54) is 0 Å². The molecule has 7 heavy (non-hydrogen) atoms. The molecule has 0 bridgehead atoms. The molecule has 0 aromatic rings. The van der Waals surface area contributed by atoms with E-state index in [9.17, 15) is 0 Å². The summed E-state index contributed by atoms with van der Waals surface area (Å²) in [7, 11) is 1.75. The molecule has 1 nitrogen and oxygen atoms in total. The molecule has 0 saturated carbocycles. The van der Waals surface area contributed by atoms with Crippen LogP contribution in [0.1, 0.15) is 0 Å². The van der Waals surface area contributed by atoms with E-state index in [0.717, 1.165) is 0 Å². The lowest BCUT2D eigenvalue weighted by Gasteiger charge is -2.00. The first-order chi connectivity index (χ1) is 3.00. The summed E-state index contributed by atoms with van der Waals surface area (Å²) in [6.45, 7) is 0. The van der Waals surface area contributed by atoms with Crippen molar-refractivity contribution in [1.29, 1.82) is 0 Å². The van der Waals surface area contributed by atoms with Crippen molar-refractivity contribution < 1.29 is 5.73 Å². The third-order valence-electron chi connectivity index (χ3n) is 0. The summed E-state index contributed by atoms with van der Waals surface area (Å²) in [6.07, 6.45) is 0. The van der Waals surface area contributed by atoms with E-state index in [1.807, 2.05) is 0 Å². The van der Waals surface area contributed by atoms with E-state index < -0.39 is 5.77 Å². The maximum absolute atomic E-state index is 3.29. The molecule has 0 unspecified atom stereocenters. The Labute approximate surface area is 73.7 Å². The Hall–Kier alpha value is 2.41. The summed E-state index contributed by atoms with van der Waals surface area (Å²) < 4.78 is 0. The normalized spacial score (nSPS) is 9.43. The largest absolute Gasteiger partial charge is 0.450 e. The highest BCUT2D eigenvalue weighted by atomic mass is 80.0. The maximum Gasteiger partial charge on any atom is 0.450 e. The lowest BCUT2D eigenvalue weighted by molar-refractivity contribution is -0.325. The molecule has 0 saturated heterocycles. The molecule has 0 aromatic carbocycles. The van der Waals surface area contributed by atoms with Gasteiger partial charge >= 0.3 is 5.77 Å². The molecule has 0 aliphatic heterocycles. The number of hydrogen-bond acceptors (Lipinski definition) is 0. The first-order valence-electron chi connectivity index (χ1n) is 1.58. The van der Waals surface area contributed by atoms with Crippen molar-refractivity contribution in [3.8, 4) is 0 Å². The van der Waals surface area contributed by atoms with Crippen molar-refractivity contribution in [3.63, 3.8) is 0 Å². The summed E-state index contributed by atoms with van der Waals surface area (Å²) in [5, 5.41) is 0. The predicted octanol–water partition coefficient (Wildman–Crippen LogP) is 1.86. The van der Waals surface area contributed by atoms with Crippen LogP contribution in [0.25, 0.3) is 0 Å². The van der Waals surface area contributed by atoms with Crippen LogP contribution in [0.2, 0.25) is 0 Å². The molecule has 46 valence electrons. The van der Waals surface area contributed by atoms with E-state index >= 15 is 0 Å². The Morgan fingerprint density at radius 2 is 1.00 bits per heavy atom. The zero-order valence-corrected chi connectivity index (χ0v) is 11.3. The molecule has 0 fully saturated rings. The molecule has 0 radical (unpaired) electrons. The highest BCUT2D eigenvalue weighted by Crippen LogP contribution is 2.33. The van der Waals surface area contributed by atoms with Crippen LogP contribution >= 0.6 is 56.2 Å². The molecular formula is CH6AlBr4N. The van der Waals surface area contributed by atoms with Crippen LogP contribution in [0.15, 0.2) is 0 Å². The van der Waals surface area contributed by atoms with E-state index in [2.05, 4.69) is 61.9 Å². The second-order valence-electron chi connectivity index (χ2n) is 0.495. The van der Waals surface area contributed by atoms with Gasteiger partial charge in [0.1, 0.15) is 0 Å². The molecular weight excluding hydrogens is 373 g/mol. The Bertz CT molecular complexity index is 27.2. The maximum atomic E-state index is 3.29. The fourth-order valence-electron chi connectivity index (χ4n) is 0. The monoisotopic (exact) mass is 375 g/mol. The van der Waals surface area contributed by atoms with Crippen molar-refractivity contribution in [1.82, 2.24) is 0 Å². The van der Waals surface area contributed by atoms with E-state index in [4.69, 9.17) is 0 Å². The van der Waals surface area contributed by atoms with Gasteiger partial charge in [0.15, 0.2) is 0 Å². The zero-order valence-electron chi connectivity index (χ0n) is 3.80. The molecule has 0 aromatic heterocycles. The van der Waals surface area contributed by atoms with Crippen LogP contribution in [0.3, 0.4) is 0 Å². The zero-order chi connectivity index (χ0) is 6.50. The van der Waals surface area contributed by atoms with E-state index in [0.29, 0.717) is 0 Å². The Kier molecular flexibility index (Phi) is 11.3. The van der Waals surface area contributed by atoms with Gasteiger partial charge in [-0.05, 0) is 0 Å². The highest BCUT2D eigenvalue weighted by Gasteiger charge is 2.09. The first-order valence-corrected chi connectivity index (χ1v) is 14.3. The fraction of sp³-hybridized carbons (Fsp3) is 1.00. The predicted molar refractivity (Wildman–Crippen MR) is 50.3 cm³/mol. The molecule has 6 heteroatoms. The quantitative estimate of drug-likeness (QED) is 0.623. The second kappa shape index (κ2) is 6.53. The van der Waals surface area contributed by atoms with Gasteiger partial charge in [-0.1, -0.05) is 0 Å². The standard InChI is InChI=1S/CH5N.Al.4BrH/c1-2;;;;;/h2H2,1H3;;4*1H/q;+3;;;;/p-3. The van der Waals surface area contributed by atoms with Crippen LogP contribution in [0.5, 0.6) is 0 Å². The minimum absolute atomic E-state index is 1.58. The van der Waals surface area contributed by atoms with Crippen LogP contribution in [0, 0.1) is 0 Å². The number of hydrogen-bond donors (Lipinski definition) is 1. The van der Waals surface area contributed by atoms with Crippen molar-refractivity contribution in [2.75, 3.05) is 7.05 Å². The number of quaternary nitrogens is 1. The third-order valence-corrected chi connectivity index (χ3v) is 0. The van der Waals surface area contributed by atoms with Crippen molar-refractivity contribution in [3.05, 3.63) is 0 Å². The first kappa shape index (κ1) is 12.1. The van der Waals surface area contributed by atoms with Crippen LogP contribution < -0.4 is 5.73 Å². The number of rotatable bonds is 0. The Morgan fingerprint density at radius 1 is 1.00 bits per heavy atom. The molecule has 0 atom stereocenters. The highest BCUT2D eigenvalue weighted by molar-refractivity contribution is 9.90. The summed E-state index contributed by atoms with van der Waals surface area (Å²) in [5.41, 5.74) is 3.25. The topological polar surface area (TPSA) is 27.6 Å². The van der Waals surface area contributed by atoms with Gasteiger partial charge in [-0.3, -0.25) is 0 Å². The fourth-order valence-corrected chi connectivity index (χ4v) is 0. The third kappa shape index (κ3) is 59.4. The SMILES string of the molecule is C[NH3+].[Br][Al-]([Br])([Br])[Br]. The molecule has 0 aliphatic carbocycles. The van der Waals surface area contributed by atoms with Gasteiger partial charge in [-0.25, -0.2) is 0 Å². The van der Waals surface area contributed by atoms with Crippen LogP contribution in [-0.4, -0.2) is 12.8 Å². The van der Waals surface area contributed by atoms with Gasteiger partial charge < -0.3 is 61.9 Å². The molecule has 0 heterocycles. The molecule has 3 N–H and O–H groups in total. The minimum atomic E-state index is -1.58. The van der Waals surface area contributed by atoms with Crippen molar-refractivity contribution in [2.45, 2.75) is 0 Å². The van der Waals surface area contributed by atoms with Crippen LogP contribution in [-0.2, 0) is 0 Å². The van der Waals surface area contributed by atoms with Crippen molar-refractivity contribution in [2.24, 2.45) is 0 Å². The average Bonchev–Trinajstić information content (AvgIpc) is 1.36. The van der Waals surface area contributed by atoms with Gasteiger partial charge in [0.05, 0.1) is 7.05 Å². The summed E-state index contributed by atoms with van der Waals surface area (Å²) in [4.78, 5) is 0. The smallest absolute Gasteiger partial charge is 0.363 e. The Balaban J connectivity index is 0. The minimum Gasteiger partial charge on any atom is -0.363 e. The van der Waals surface area contributed by atoms with Gasteiger partial charge in [-0.2, -0.15) is 0 Å². The molecule has 0 aliphatic rings. The molecule has 0 rings (SSSR count). The van der Waals surface area contributed by atoms with Gasteiger partial charge in [0.25, 0.3) is 0 Å². The summed E-state index contributed by atoms with van der Waals surface area (Å²) in [6, 6.07) is 0. The Morgan fingerprint density at radius 3 is 1.00 bits per heavy atom. The van der Waals surface area contributed by atoms with Gasteiger partial charge in [-0.15, -0.1) is 0 Å². The number of halogens is 4. The van der Waals surface area contributed by atoms with Crippen LogP contribution in [0.4, 0.5) is 0 Å². The van der Waals surface area contributed by atoms with Gasteiger partial charge in [0.2, 0.25) is 0 Å². The van der Waals surface area contributed by atoms with E-state index in [-0.39, 0.29) is 0 Å². The summed E-state index contributed by atoms with van der Waals surface area (Å²) in [5.74, 6) is -1.58. The van der Waals surface area contributed by atoms with E-state index in [1.54, 1.807) is 7.05 Å². The average molecular weight is 379 g/mol. The van der Waals surface area contributed by atoms with Gasteiger partial charge in [0, 0.05) is 0 Å². The molecule has 0 spiro atoms. The second-order valence-corrected chi connectivity index (χ2v) is 40.1. The lowest BCUT2D eigenvalue weighted by Crippen LogP contribution is -2.40. The molecule has 0 amide bonds. The summed E-state index contributed by atoms with van der Waals surface area (Å²) >= 11 is 13.2. The van der Waals surface area contributed by atoms with Crippen molar-refractivity contribution >= 4 is 62.0 Å².